The number of carbonyl (C=O) groups is 3. The average Bonchev–Trinajstić information content (AvgIpc) is 2.92. The Hall–Kier alpha value is -3.58. The third-order valence-corrected chi connectivity index (χ3v) is 7.10. The molecule has 0 spiro atoms. The molecule has 1 rings (SSSR count). The lowest BCUT2D eigenvalue weighted by Gasteiger charge is -2.22. The number of aliphatic hydroxyl groups is 1. The third kappa shape index (κ3) is 19.7. The second-order valence-corrected chi connectivity index (χ2v) is 12.5. The Bertz CT molecular complexity index is 1330. The number of aliphatic hydroxyl groups excluding tert-OH is 1. The largest absolute Gasteiger partial charge is 0.459 e. The molecule has 0 aromatic heterocycles. The van der Waals surface area contributed by atoms with Gasteiger partial charge < -0.3 is 19.9 Å². The van der Waals surface area contributed by atoms with Crippen molar-refractivity contribution in [3.63, 3.8) is 0 Å². The average molecular weight is 664 g/mol. The Morgan fingerprint density at radius 3 is 2.48 bits per heavy atom. The van der Waals surface area contributed by atoms with Gasteiger partial charge in [-0.3, -0.25) is 14.1 Å². The normalized spacial score (nSPS) is 26.8. The van der Waals surface area contributed by atoms with Crippen LogP contribution in [0.5, 0.6) is 0 Å². The number of cyclic esters (lactones) is 1. The Morgan fingerprint density at radius 2 is 1.83 bits per heavy atom. The molecule has 12 heteroatoms. The fourth-order valence-corrected chi connectivity index (χ4v) is 4.93. The predicted octanol–water partition coefficient (Wildman–Crippen LogP) is 5.53. The first-order valence-corrected chi connectivity index (χ1v) is 16.6. The zero-order valence-corrected chi connectivity index (χ0v) is 28.4. The summed E-state index contributed by atoms with van der Waals surface area (Å²) >= 11 is 0. The zero-order chi connectivity index (χ0) is 34.7. The molecule has 0 saturated heterocycles. The van der Waals surface area contributed by atoms with Crippen LogP contribution >= 0.6 is 0 Å². The molecule has 1 amide bonds. The van der Waals surface area contributed by atoms with Crippen LogP contribution in [0.25, 0.3) is 0 Å². The second-order valence-electron chi connectivity index (χ2n) is 11.5. The van der Waals surface area contributed by atoms with Gasteiger partial charge in [-0.15, -0.1) is 0 Å². The second kappa shape index (κ2) is 21.3. The van der Waals surface area contributed by atoms with E-state index in [0.29, 0.717) is 25.7 Å². The van der Waals surface area contributed by atoms with Crippen LogP contribution in [0.2, 0.25) is 0 Å². The molecule has 46 heavy (non-hydrogen) atoms. The van der Waals surface area contributed by atoms with Crippen molar-refractivity contribution >= 4 is 28.2 Å². The fourth-order valence-electron chi connectivity index (χ4n) is 4.46. The zero-order valence-electron chi connectivity index (χ0n) is 27.5. The number of carbonyl (C=O) groups excluding carboxylic acids is 3. The number of esters is 2. The highest BCUT2D eigenvalue weighted by molar-refractivity contribution is 7.80. The van der Waals surface area contributed by atoms with Crippen LogP contribution in [0.4, 0.5) is 0 Å². The third-order valence-electron chi connectivity index (χ3n) is 6.61. The molecule has 0 radical (unpaired) electrons. The van der Waals surface area contributed by atoms with E-state index in [1.165, 1.54) is 31.2 Å². The van der Waals surface area contributed by atoms with Crippen LogP contribution < -0.4 is 5.32 Å². The van der Waals surface area contributed by atoms with Crippen molar-refractivity contribution in [2.24, 2.45) is 5.92 Å². The van der Waals surface area contributed by atoms with Gasteiger partial charge in [-0.25, -0.2) is 8.98 Å². The van der Waals surface area contributed by atoms with E-state index in [2.05, 4.69) is 5.32 Å². The van der Waals surface area contributed by atoms with Crippen molar-refractivity contribution in [1.82, 2.24) is 5.32 Å². The molecule has 5 unspecified atom stereocenters. The summed E-state index contributed by atoms with van der Waals surface area (Å²) in [4.78, 5) is 36.2. The summed E-state index contributed by atoms with van der Waals surface area (Å²) in [6.45, 7) is 10.6. The van der Waals surface area contributed by atoms with Gasteiger partial charge in [0, 0.05) is 37.6 Å². The molecule has 0 aromatic rings. The van der Waals surface area contributed by atoms with Crippen LogP contribution in [-0.4, -0.2) is 60.3 Å². The van der Waals surface area contributed by atoms with Crippen molar-refractivity contribution in [2.75, 3.05) is 0 Å². The van der Waals surface area contributed by atoms with Gasteiger partial charge in [0.2, 0.25) is 5.91 Å². The van der Waals surface area contributed by atoms with Crippen LogP contribution in [0, 0.1) is 5.92 Å². The molecule has 5 atom stereocenters. The van der Waals surface area contributed by atoms with Gasteiger partial charge >= 0.3 is 22.3 Å². The van der Waals surface area contributed by atoms with Crippen LogP contribution in [0.15, 0.2) is 83.7 Å². The van der Waals surface area contributed by atoms with E-state index in [1.807, 2.05) is 46.8 Å². The Kier molecular flexibility index (Phi) is 18.7. The number of allylic oxidation sites excluding steroid dienone is 7. The van der Waals surface area contributed by atoms with Gasteiger partial charge in [0.05, 0.1) is 6.10 Å². The summed E-state index contributed by atoms with van der Waals surface area (Å²) in [5, 5.41) is 13.3. The van der Waals surface area contributed by atoms with E-state index >= 15 is 0 Å². The SMILES string of the molecule is CC(=O)OC1CCC/C=C/C(=O)OC(C(C)/C=C(C)/C=C/NC(=O)C=C(C)C)C/C(C)=C/C=C/CCC(OS(=O)(=O)O)/C=C/C1O. The van der Waals surface area contributed by atoms with Gasteiger partial charge in [0.15, 0.2) is 0 Å². The molecule has 1 aliphatic rings. The lowest BCUT2D eigenvalue weighted by molar-refractivity contribution is -0.151. The van der Waals surface area contributed by atoms with Crippen LogP contribution in [0.1, 0.15) is 80.1 Å². The van der Waals surface area contributed by atoms with E-state index < -0.39 is 46.8 Å². The maximum absolute atomic E-state index is 12.8. The first-order chi connectivity index (χ1) is 21.6. The summed E-state index contributed by atoms with van der Waals surface area (Å²) in [5.74, 6) is -1.51. The van der Waals surface area contributed by atoms with Gasteiger partial charge in [0.25, 0.3) is 0 Å². The number of nitrogens with one attached hydrogen (secondary N) is 1. The minimum atomic E-state index is -4.76. The number of hydrogen-bond acceptors (Lipinski definition) is 9. The summed E-state index contributed by atoms with van der Waals surface area (Å²) in [7, 11) is -4.76. The smallest absolute Gasteiger partial charge is 0.397 e. The molecule has 0 fully saturated rings. The minimum Gasteiger partial charge on any atom is -0.459 e. The molecule has 0 saturated carbocycles. The molecule has 1 aliphatic heterocycles. The monoisotopic (exact) mass is 663 g/mol. The molecule has 11 nitrogen and oxygen atoms in total. The molecule has 1 heterocycles. The molecule has 3 N–H and O–H groups in total. The van der Waals surface area contributed by atoms with E-state index in [4.69, 9.17) is 13.7 Å². The van der Waals surface area contributed by atoms with E-state index in [-0.39, 0.29) is 24.7 Å². The Labute approximate surface area is 273 Å². The predicted molar refractivity (Wildman–Crippen MR) is 176 cm³/mol. The van der Waals surface area contributed by atoms with Gasteiger partial charge in [-0.05, 0) is 65.9 Å². The maximum Gasteiger partial charge on any atom is 0.397 e. The Morgan fingerprint density at radius 1 is 1.11 bits per heavy atom. The van der Waals surface area contributed by atoms with Crippen LogP contribution in [0.3, 0.4) is 0 Å². The van der Waals surface area contributed by atoms with Gasteiger partial charge in [0.1, 0.15) is 18.3 Å². The lowest BCUT2D eigenvalue weighted by Crippen LogP contribution is -2.29. The fraction of sp³-hybridized carbons (Fsp3) is 0.500. The summed E-state index contributed by atoms with van der Waals surface area (Å²) in [6, 6.07) is 0. The van der Waals surface area contributed by atoms with E-state index in [0.717, 1.165) is 16.7 Å². The standard InChI is InChI=1S/C34H49NO10S/c1-24(2)21-33(38)35-20-19-26(4)22-27(5)32-23-25(3)13-9-7-10-14-29(45-46(40,41)42)17-18-30(37)31(43-28(6)36)15-11-8-12-16-34(39)44-32/h7,9,12-13,16-22,27,29-32,37H,8,10-11,14-15,23H2,1-6H3,(H,35,38)(H,40,41,42)/b9-7+,16-12+,18-17+,20-19+,25-13+,26-22+. The van der Waals surface area contributed by atoms with Crippen molar-refractivity contribution in [3.05, 3.63) is 83.7 Å². The number of ether oxygens (including phenoxy) is 2. The van der Waals surface area contributed by atoms with Crippen molar-refractivity contribution in [1.29, 1.82) is 0 Å². The topological polar surface area (TPSA) is 166 Å². The molecular weight excluding hydrogens is 614 g/mol. The van der Waals surface area contributed by atoms with Crippen molar-refractivity contribution < 1.29 is 46.1 Å². The number of hydrogen-bond donors (Lipinski definition) is 3. The summed E-state index contributed by atoms with van der Waals surface area (Å²) in [5.41, 5.74) is 2.68. The van der Waals surface area contributed by atoms with Crippen molar-refractivity contribution in [2.45, 2.75) is 104 Å². The number of amides is 1. The molecular formula is C34H49NO10S. The Balaban J connectivity index is 3.23. The van der Waals surface area contributed by atoms with Gasteiger partial charge in [-0.2, -0.15) is 8.42 Å². The summed E-state index contributed by atoms with van der Waals surface area (Å²) in [6.07, 6.45) is 16.2. The first kappa shape index (κ1) is 40.4. The minimum absolute atomic E-state index is 0.166. The highest BCUT2D eigenvalue weighted by Gasteiger charge is 2.22. The summed E-state index contributed by atoms with van der Waals surface area (Å²) < 4.78 is 47.8. The highest BCUT2D eigenvalue weighted by atomic mass is 32.3. The molecule has 0 bridgehead atoms. The lowest BCUT2D eigenvalue weighted by atomic mass is 9.95. The van der Waals surface area contributed by atoms with Gasteiger partial charge in [-0.1, -0.05) is 66.2 Å². The van der Waals surface area contributed by atoms with E-state index in [9.17, 15) is 32.5 Å². The molecule has 256 valence electrons. The van der Waals surface area contributed by atoms with Crippen LogP contribution in [-0.2, 0) is 38.4 Å². The molecule has 0 aromatic carbocycles. The van der Waals surface area contributed by atoms with Crippen molar-refractivity contribution in [3.8, 4) is 0 Å². The number of rotatable bonds is 8. The quantitative estimate of drug-likeness (QED) is 0.0989. The molecule has 0 aliphatic carbocycles. The highest BCUT2D eigenvalue weighted by Crippen LogP contribution is 2.21. The first-order valence-electron chi connectivity index (χ1n) is 15.2. The maximum atomic E-state index is 12.8. The van der Waals surface area contributed by atoms with E-state index in [1.54, 1.807) is 30.5 Å².